The fraction of sp³-hybridized carbons (Fsp3) is 0.838. The van der Waals surface area contributed by atoms with Gasteiger partial charge in [0.15, 0.2) is 11.4 Å². The summed E-state index contributed by atoms with van der Waals surface area (Å²) in [5.74, 6) is 3.28. The highest BCUT2D eigenvalue weighted by molar-refractivity contribution is 5.91. The molecule has 230 valence electrons. The van der Waals surface area contributed by atoms with E-state index in [1.165, 1.54) is 64.2 Å². The van der Waals surface area contributed by atoms with E-state index >= 15 is 4.39 Å². The minimum Gasteiger partial charge on any atom is -0.445 e. The number of alkyl halides is 1. The molecule has 3 nitrogen and oxygen atoms in total. The quantitative estimate of drug-likeness (QED) is 0.112. The second-order valence-corrected chi connectivity index (χ2v) is 14.5. The molecule has 0 spiro atoms. The van der Waals surface area contributed by atoms with E-state index in [2.05, 4.69) is 26.7 Å². The highest BCUT2D eigenvalue weighted by Gasteiger charge is 2.68. The van der Waals surface area contributed by atoms with Crippen molar-refractivity contribution in [3.63, 3.8) is 0 Å². The summed E-state index contributed by atoms with van der Waals surface area (Å²) in [5, 5.41) is 0. The molecule has 0 amide bonds. The van der Waals surface area contributed by atoms with E-state index in [0.717, 1.165) is 50.5 Å². The molecule has 4 aliphatic rings. The van der Waals surface area contributed by atoms with Crippen LogP contribution in [0.4, 0.5) is 4.39 Å². The van der Waals surface area contributed by atoms with Crippen LogP contribution in [0, 0.1) is 40.9 Å². The summed E-state index contributed by atoms with van der Waals surface area (Å²) in [6.07, 6.45) is 28.7. The average Bonchev–Trinajstić information content (AvgIpc) is 3.22. The lowest BCUT2D eigenvalue weighted by atomic mass is 9.46. The van der Waals surface area contributed by atoms with E-state index in [4.69, 9.17) is 11.2 Å². The third-order valence-corrected chi connectivity index (χ3v) is 12.0. The number of fused-ring (bicyclic) bond motifs is 5. The van der Waals surface area contributed by atoms with Crippen LogP contribution in [0.5, 0.6) is 0 Å². The first-order valence-corrected chi connectivity index (χ1v) is 17.3. The fourth-order valence-corrected chi connectivity index (χ4v) is 9.57. The third-order valence-electron chi connectivity index (χ3n) is 12.0. The number of unbranched alkanes of at least 4 members (excludes halogenated alkanes) is 12. The van der Waals surface area contributed by atoms with Gasteiger partial charge in [-0.3, -0.25) is 9.59 Å². The van der Waals surface area contributed by atoms with Gasteiger partial charge in [0.05, 0.1) is 0 Å². The van der Waals surface area contributed by atoms with Crippen molar-refractivity contribution in [1.82, 2.24) is 0 Å². The van der Waals surface area contributed by atoms with Crippen molar-refractivity contribution in [1.29, 1.82) is 0 Å². The smallest absolute Gasteiger partial charge is 0.307 e. The molecule has 41 heavy (non-hydrogen) atoms. The number of hydrogen-bond donors (Lipinski definition) is 0. The van der Waals surface area contributed by atoms with Crippen LogP contribution in [0.15, 0.2) is 11.6 Å². The van der Waals surface area contributed by atoms with Crippen LogP contribution in [0.3, 0.4) is 0 Å². The predicted molar refractivity (Wildman–Crippen MR) is 165 cm³/mol. The number of rotatable bonds is 15. The van der Waals surface area contributed by atoms with E-state index in [9.17, 15) is 9.59 Å². The first-order chi connectivity index (χ1) is 19.7. The summed E-state index contributed by atoms with van der Waals surface area (Å²) in [6.45, 7) is 6.56. The highest BCUT2D eigenvalue weighted by Crippen LogP contribution is 2.68. The topological polar surface area (TPSA) is 43.4 Å². The fourth-order valence-electron chi connectivity index (χ4n) is 9.57. The Labute approximate surface area is 250 Å². The number of allylic oxidation sites excluding steroid dienone is 1. The van der Waals surface area contributed by atoms with Crippen molar-refractivity contribution >= 4 is 11.8 Å². The SMILES string of the molecule is C#C[C@]1(OC(=O)CCCCCCCCCCCCCCC)CC[C@H]2[C@@H]3CCC4=CC(=O)CC[C@]4(C)[C@H]3[C@@H](F)C[C@@]21C. The minimum atomic E-state index is -1.01. The zero-order valence-corrected chi connectivity index (χ0v) is 26.4. The molecule has 0 radical (unpaired) electrons. The number of ether oxygens (including phenoxy) is 1. The van der Waals surface area contributed by atoms with E-state index in [1.807, 2.05) is 6.08 Å². The van der Waals surface area contributed by atoms with Crippen molar-refractivity contribution < 1.29 is 18.7 Å². The molecule has 3 saturated carbocycles. The van der Waals surface area contributed by atoms with E-state index in [0.29, 0.717) is 25.7 Å². The van der Waals surface area contributed by atoms with Crippen LogP contribution in [-0.4, -0.2) is 23.5 Å². The molecule has 4 aliphatic carbocycles. The van der Waals surface area contributed by atoms with Gasteiger partial charge in [-0.15, -0.1) is 6.42 Å². The molecule has 7 atom stereocenters. The number of carbonyl (C=O) groups is 2. The van der Waals surface area contributed by atoms with Crippen LogP contribution < -0.4 is 0 Å². The molecule has 0 aliphatic heterocycles. The van der Waals surface area contributed by atoms with E-state index in [1.54, 1.807) is 0 Å². The normalized spacial score (nSPS) is 36.1. The molecule has 3 fully saturated rings. The molecule has 0 heterocycles. The summed E-state index contributed by atoms with van der Waals surface area (Å²) in [4.78, 5) is 25.2. The Kier molecular flexibility index (Phi) is 11.2. The Balaban J connectivity index is 1.23. The molecular weight excluding hydrogens is 511 g/mol. The van der Waals surface area contributed by atoms with Gasteiger partial charge in [-0.05, 0) is 68.3 Å². The Morgan fingerprint density at radius 1 is 0.951 bits per heavy atom. The zero-order chi connectivity index (χ0) is 29.5. The first kappa shape index (κ1) is 32.3. The van der Waals surface area contributed by atoms with Crippen LogP contribution in [-0.2, 0) is 14.3 Å². The van der Waals surface area contributed by atoms with E-state index < -0.39 is 17.2 Å². The lowest BCUT2D eigenvalue weighted by Gasteiger charge is -2.59. The monoisotopic (exact) mass is 568 g/mol. The summed E-state index contributed by atoms with van der Waals surface area (Å²) in [5.41, 5.74) is -0.646. The highest BCUT2D eigenvalue weighted by atomic mass is 19.1. The lowest BCUT2D eigenvalue weighted by Crippen LogP contribution is -2.59. The molecule has 0 aromatic carbocycles. The van der Waals surface area contributed by atoms with Gasteiger partial charge in [0.2, 0.25) is 0 Å². The number of hydrogen-bond acceptors (Lipinski definition) is 3. The number of esters is 1. The predicted octanol–water partition coefficient (Wildman–Crippen LogP) is 9.86. The molecule has 4 heteroatoms. The van der Waals surface area contributed by atoms with Crippen molar-refractivity contribution in [2.24, 2.45) is 28.6 Å². The molecule has 0 unspecified atom stereocenters. The van der Waals surface area contributed by atoms with Gasteiger partial charge in [-0.1, -0.05) is 109 Å². The van der Waals surface area contributed by atoms with Gasteiger partial charge in [0, 0.05) is 24.2 Å². The third kappa shape index (κ3) is 6.80. The van der Waals surface area contributed by atoms with Crippen LogP contribution in [0.1, 0.15) is 156 Å². The van der Waals surface area contributed by atoms with Crippen molar-refractivity contribution in [2.75, 3.05) is 0 Å². The Bertz CT molecular complexity index is 979. The van der Waals surface area contributed by atoms with Crippen LogP contribution >= 0.6 is 0 Å². The largest absolute Gasteiger partial charge is 0.445 e. The lowest BCUT2D eigenvalue weighted by molar-refractivity contribution is -0.178. The number of halogens is 1. The van der Waals surface area contributed by atoms with Gasteiger partial charge in [0.1, 0.15) is 6.17 Å². The molecule has 4 rings (SSSR count). The molecule has 0 aromatic heterocycles. The Morgan fingerprint density at radius 3 is 2.17 bits per heavy atom. The molecule has 0 bridgehead atoms. The maximum atomic E-state index is 16.3. The summed E-state index contributed by atoms with van der Waals surface area (Å²) in [6, 6.07) is 0. The molecule has 0 N–H and O–H groups in total. The van der Waals surface area contributed by atoms with Crippen molar-refractivity contribution in [3.8, 4) is 12.3 Å². The number of terminal acetylenes is 1. The average molecular weight is 569 g/mol. The second-order valence-electron chi connectivity index (χ2n) is 14.5. The summed E-state index contributed by atoms with van der Waals surface area (Å²) in [7, 11) is 0. The van der Waals surface area contributed by atoms with Gasteiger partial charge in [-0.2, -0.15) is 0 Å². The van der Waals surface area contributed by atoms with Gasteiger partial charge >= 0.3 is 5.97 Å². The van der Waals surface area contributed by atoms with Crippen LogP contribution in [0.2, 0.25) is 0 Å². The molecular formula is C37H57FO3. The maximum Gasteiger partial charge on any atom is 0.307 e. The standard InChI is InChI=1S/C37H57FO3/c1-5-7-8-9-10-11-12-13-14-15-16-17-18-19-33(40)41-37(6-2)25-23-31-30-21-20-28-26-29(39)22-24-35(28,3)34(30)32(38)27-36(31,37)4/h2,26,30-32,34H,5,7-25,27H2,1,3-4H3/t30-,31-,32-,34+,35-,36-,37-/m0/s1. The van der Waals surface area contributed by atoms with Gasteiger partial charge in [-0.25, -0.2) is 4.39 Å². The first-order valence-electron chi connectivity index (χ1n) is 17.3. The number of ketones is 1. The maximum absolute atomic E-state index is 16.3. The Morgan fingerprint density at radius 2 is 1.56 bits per heavy atom. The molecule has 0 aromatic rings. The number of carbonyl (C=O) groups excluding carboxylic acids is 2. The minimum absolute atomic E-state index is 0.0799. The van der Waals surface area contributed by atoms with Crippen molar-refractivity contribution in [3.05, 3.63) is 11.6 Å². The second kappa shape index (κ2) is 14.2. The van der Waals surface area contributed by atoms with E-state index in [-0.39, 0.29) is 34.9 Å². The molecule has 0 saturated heterocycles. The Hall–Kier alpha value is -1.63. The summed E-state index contributed by atoms with van der Waals surface area (Å²) >= 11 is 0. The van der Waals surface area contributed by atoms with Crippen molar-refractivity contribution in [2.45, 2.75) is 167 Å². The summed E-state index contributed by atoms with van der Waals surface area (Å²) < 4.78 is 22.5. The zero-order valence-electron chi connectivity index (χ0n) is 26.4. The van der Waals surface area contributed by atoms with Crippen LogP contribution in [0.25, 0.3) is 0 Å². The van der Waals surface area contributed by atoms with Gasteiger partial charge in [0.25, 0.3) is 0 Å². The van der Waals surface area contributed by atoms with Gasteiger partial charge < -0.3 is 4.74 Å².